The van der Waals surface area contributed by atoms with Gasteiger partial charge in [-0.25, -0.2) is 0 Å². The number of nitro benzene ring substituents is 1. The first-order valence-corrected chi connectivity index (χ1v) is 7.39. The van der Waals surface area contributed by atoms with E-state index in [0.717, 1.165) is 10.9 Å². The number of para-hydroxylation sites is 1. The van der Waals surface area contributed by atoms with Crippen LogP contribution < -0.4 is 0 Å². The summed E-state index contributed by atoms with van der Waals surface area (Å²) in [7, 11) is 0. The van der Waals surface area contributed by atoms with E-state index in [4.69, 9.17) is 11.6 Å². The van der Waals surface area contributed by atoms with E-state index in [0.29, 0.717) is 16.3 Å². The van der Waals surface area contributed by atoms with Gasteiger partial charge in [-0.3, -0.25) is 15.1 Å². The summed E-state index contributed by atoms with van der Waals surface area (Å²) in [5, 5.41) is 22.4. The lowest BCUT2D eigenvalue weighted by atomic mass is 10.0. The van der Waals surface area contributed by atoms with Crippen molar-refractivity contribution in [2.75, 3.05) is 0 Å². The van der Waals surface area contributed by atoms with Crippen molar-refractivity contribution in [3.8, 4) is 0 Å². The molecule has 6 heteroatoms. The van der Waals surface area contributed by atoms with E-state index in [9.17, 15) is 15.2 Å². The van der Waals surface area contributed by atoms with Crippen molar-refractivity contribution in [2.45, 2.75) is 12.5 Å². The van der Waals surface area contributed by atoms with E-state index in [2.05, 4.69) is 4.98 Å². The molecule has 1 unspecified atom stereocenters. The van der Waals surface area contributed by atoms with Crippen LogP contribution in [0.25, 0.3) is 10.9 Å². The van der Waals surface area contributed by atoms with Gasteiger partial charge in [-0.2, -0.15) is 0 Å². The maximum Gasteiger partial charge on any atom is 0.269 e. The molecule has 5 nitrogen and oxygen atoms in total. The zero-order chi connectivity index (χ0) is 16.4. The second-order valence-corrected chi connectivity index (χ2v) is 5.59. The predicted molar refractivity (Wildman–Crippen MR) is 88.5 cm³/mol. The Kier molecular flexibility index (Phi) is 4.23. The molecule has 0 aliphatic heterocycles. The van der Waals surface area contributed by atoms with Gasteiger partial charge in [0, 0.05) is 29.6 Å². The Balaban J connectivity index is 1.84. The maximum atomic E-state index is 10.7. The number of non-ortho nitro benzene ring substituents is 1. The average molecular weight is 329 g/mol. The van der Waals surface area contributed by atoms with Crippen LogP contribution in [0.3, 0.4) is 0 Å². The summed E-state index contributed by atoms with van der Waals surface area (Å²) in [5.41, 5.74) is 2.03. The van der Waals surface area contributed by atoms with Crippen LogP contribution in [0.15, 0.2) is 54.6 Å². The highest BCUT2D eigenvalue weighted by Crippen LogP contribution is 2.26. The SMILES string of the molecule is O=[N+]([O-])c1ccc(C(O)Cc2cc(Cl)c3ccccc3n2)cc1. The van der Waals surface area contributed by atoms with Gasteiger partial charge in [0.2, 0.25) is 0 Å². The lowest BCUT2D eigenvalue weighted by Crippen LogP contribution is -2.04. The van der Waals surface area contributed by atoms with E-state index in [-0.39, 0.29) is 12.1 Å². The number of rotatable bonds is 4. The molecular weight excluding hydrogens is 316 g/mol. The van der Waals surface area contributed by atoms with Crippen LogP contribution in [-0.2, 0) is 6.42 Å². The van der Waals surface area contributed by atoms with Gasteiger partial charge in [0.15, 0.2) is 0 Å². The number of nitro groups is 1. The number of aliphatic hydroxyl groups excluding tert-OH is 1. The minimum absolute atomic E-state index is 0.00664. The number of benzene rings is 2. The molecule has 3 aromatic rings. The molecular formula is C17H13ClN2O3. The van der Waals surface area contributed by atoms with Crippen molar-refractivity contribution < 1.29 is 10.0 Å². The van der Waals surface area contributed by atoms with E-state index in [1.54, 1.807) is 18.2 Å². The van der Waals surface area contributed by atoms with Crippen molar-refractivity contribution in [3.05, 3.63) is 81.0 Å². The fraction of sp³-hybridized carbons (Fsp3) is 0.118. The van der Waals surface area contributed by atoms with Crippen molar-refractivity contribution in [1.29, 1.82) is 0 Å². The number of hydrogen-bond donors (Lipinski definition) is 1. The smallest absolute Gasteiger partial charge is 0.269 e. The Hall–Kier alpha value is -2.50. The van der Waals surface area contributed by atoms with Crippen LogP contribution in [0.4, 0.5) is 5.69 Å². The molecule has 3 rings (SSSR count). The summed E-state index contributed by atoms with van der Waals surface area (Å²) in [5.74, 6) is 0. The topological polar surface area (TPSA) is 76.3 Å². The second-order valence-electron chi connectivity index (χ2n) is 5.18. The molecule has 0 aliphatic carbocycles. The Bertz CT molecular complexity index is 865. The number of fused-ring (bicyclic) bond motifs is 1. The van der Waals surface area contributed by atoms with E-state index in [1.165, 1.54) is 12.1 Å². The molecule has 0 radical (unpaired) electrons. The van der Waals surface area contributed by atoms with E-state index >= 15 is 0 Å². The van der Waals surface area contributed by atoms with Gasteiger partial charge >= 0.3 is 0 Å². The van der Waals surface area contributed by atoms with Gasteiger partial charge in [0.1, 0.15) is 0 Å². The molecule has 116 valence electrons. The summed E-state index contributed by atoms with van der Waals surface area (Å²) in [6, 6.07) is 15.1. The fourth-order valence-corrected chi connectivity index (χ4v) is 2.71. The summed E-state index contributed by atoms with van der Waals surface area (Å²) in [6.45, 7) is 0. The molecule has 23 heavy (non-hydrogen) atoms. The molecule has 0 saturated heterocycles. The van der Waals surface area contributed by atoms with Crippen LogP contribution in [0.1, 0.15) is 17.4 Å². The average Bonchev–Trinajstić information content (AvgIpc) is 2.55. The van der Waals surface area contributed by atoms with Crippen molar-refractivity contribution in [1.82, 2.24) is 4.98 Å². The number of pyridine rings is 1. The van der Waals surface area contributed by atoms with E-state index in [1.807, 2.05) is 24.3 Å². The van der Waals surface area contributed by atoms with Crippen LogP contribution in [-0.4, -0.2) is 15.0 Å². The lowest BCUT2D eigenvalue weighted by molar-refractivity contribution is -0.384. The fourth-order valence-electron chi connectivity index (χ4n) is 2.42. The Morgan fingerprint density at radius 3 is 2.57 bits per heavy atom. The van der Waals surface area contributed by atoms with Gasteiger partial charge in [-0.1, -0.05) is 29.8 Å². The van der Waals surface area contributed by atoms with Crippen LogP contribution in [0.5, 0.6) is 0 Å². The zero-order valence-electron chi connectivity index (χ0n) is 12.0. The lowest BCUT2D eigenvalue weighted by Gasteiger charge is -2.11. The third kappa shape index (κ3) is 3.31. The quantitative estimate of drug-likeness (QED) is 0.578. The first kappa shape index (κ1) is 15.4. The van der Waals surface area contributed by atoms with Crippen LogP contribution >= 0.6 is 11.6 Å². The van der Waals surface area contributed by atoms with Gasteiger partial charge in [0.05, 0.1) is 21.6 Å². The molecule has 1 aromatic heterocycles. The molecule has 0 saturated carbocycles. The summed E-state index contributed by atoms with van der Waals surface area (Å²) in [4.78, 5) is 14.7. The normalized spacial score (nSPS) is 12.3. The number of halogens is 1. The molecule has 0 bridgehead atoms. The highest BCUT2D eigenvalue weighted by atomic mass is 35.5. The zero-order valence-corrected chi connectivity index (χ0v) is 12.8. The largest absolute Gasteiger partial charge is 0.388 e. The molecule has 0 spiro atoms. The molecule has 1 heterocycles. The molecule has 2 aromatic carbocycles. The maximum absolute atomic E-state index is 10.7. The minimum atomic E-state index is -0.805. The van der Waals surface area contributed by atoms with Gasteiger partial charge in [0.25, 0.3) is 5.69 Å². The van der Waals surface area contributed by atoms with Crippen LogP contribution in [0, 0.1) is 10.1 Å². The first-order valence-electron chi connectivity index (χ1n) is 7.01. The number of hydrogen-bond acceptors (Lipinski definition) is 4. The summed E-state index contributed by atoms with van der Waals surface area (Å²) >= 11 is 6.25. The van der Waals surface area contributed by atoms with Crippen molar-refractivity contribution >= 4 is 28.2 Å². The Morgan fingerprint density at radius 1 is 1.17 bits per heavy atom. The van der Waals surface area contributed by atoms with Crippen molar-refractivity contribution in [2.24, 2.45) is 0 Å². The first-order chi connectivity index (χ1) is 11.0. The van der Waals surface area contributed by atoms with Gasteiger partial charge in [-0.05, 0) is 29.8 Å². The monoisotopic (exact) mass is 328 g/mol. The third-order valence-electron chi connectivity index (χ3n) is 3.61. The van der Waals surface area contributed by atoms with E-state index < -0.39 is 11.0 Å². The molecule has 1 atom stereocenters. The minimum Gasteiger partial charge on any atom is -0.388 e. The Morgan fingerprint density at radius 2 is 1.87 bits per heavy atom. The number of nitrogens with zero attached hydrogens (tertiary/aromatic N) is 2. The highest BCUT2D eigenvalue weighted by molar-refractivity contribution is 6.35. The van der Waals surface area contributed by atoms with Crippen LogP contribution in [0.2, 0.25) is 5.02 Å². The summed E-state index contributed by atoms with van der Waals surface area (Å²) < 4.78 is 0. The molecule has 0 amide bonds. The van der Waals surface area contributed by atoms with Gasteiger partial charge < -0.3 is 5.11 Å². The van der Waals surface area contributed by atoms with Gasteiger partial charge in [-0.15, -0.1) is 0 Å². The Labute approximate surface area is 137 Å². The molecule has 0 aliphatic rings. The third-order valence-corrected chi connectivity index (χ3v) is 3.92. The van der Waals surface area contributed by atoms with Crippen molar-refractivity contribution in [3.63, 3.8) is 0 Å². The second kappa shape index (κ2) is 6.32. The number of aliphatic hydroxyl groups is 1. The predicted octanol–water partition coefficient (Wildman–Crippen LogP) is 4.07. The standard InChI is InChI=1S/C17H13ClN2O3/c18-15-9-12(19-16-4-2-1-3-14(15)16)10-17(21)11-5-7-13(8-6-11)20(22)23/h1-9,17,21H,10H2. The molecule has 0 fully saturated rings. The molecule has 1 N–H and O–H groups in total. The summed E-state index contributed by atoms with van der Waals surface area (Å²) in [6.07, 6.45) is -0.525. The highest BCUT2D eigenvalue weighted by Gasteiger charge is 2.13. The number of aromatic nitrogens is 1.